The molecule has 1 aromatic heterocycles. The van der Waals surface area contributed by atoms with Crippen molar-refractivity contribution in [3.8, 4) is 0 Å². The van der Waals surface area contributed by atoms with Crippen molar-refractivity contribution in [1.29, 1.82) is 0 Å². The number of H-pyrrole nitrogens is 1. The summed E-state index contributed by atoms with van der Waals surface area (Å²) >= 11 is 0. The molecule has 0 aliphatic carbocycles. The van der Waals surface area contributed by atoms with Crippen molar-refractivity contribution in [2.45, 2.75) is 31.3 Å². The molecule has 1 aliphatic heterocycles. The predicted octanol–water partition coefficient (Wildman–Crippen LogP) is 2.46. The van der Waals surface area contributed by atoms with E-state index in [0.29, 0.717) is 4.57 Å². The zero-order valence-electron chi connectivity index (χ0n) is 18.4. The van der Waals surface area contributed by atoms with Gasteiger partial charge in [-0.3, -0.25) is 14.3 Å². The lowest BCUT2D eigenvalue weighted by Crippen LogP contribution is -2.45. The summed E-state index contributed by atoms with van der Waals surface area (Å²) in [7, 11) is 0. The van der Waals surface area contributed by atoms with Crippen LogP contribution >= 0.6 is 0 Å². The second-order valence-corrected chi connectivity index (χ2v) is 7.84. The Balaban J connectivity index is 1.64. The summed E-state index contributed by atoms with van der Waals surface area (Å²) in [6, 6.07) is 15.3. The number of halogens is 2. The van der Waals surface area contributed by atoms with Crippen LogP contribution in [-0.4, -0.2) is 46.2 Å². The second kappa shape index (κ2) is 9.63. The van der Waals surface area contributed by atoms with Crippen LogP contribution in [0, 0.1) is 6.92 Å². The molecule has 9 nitrogen and oxygen atoms in total. The van der Waals surface area contributed by atoms with Crippen LogP contribution in [0.2, 0.25) is 0 Å². The van der Waals surface area contributed by atoms with Gasteiger partial charge in [0.2, 0.25) is 6.23 Å². The van der Waals surface area contributed by atoms with E-state index in [0.717, 1.165) is 6.20 Å². The third-order valence-corrected chi connectivity index (χ3v) is 5.38. The van der Waals surface area contributed by atoms with Gasteiger partial charge in [-0.05, 0) is 31.2 Å². The molecule has 1 fully saturated rings. The van der Waals surface area contributed by atoms with Gasteiger partial charge in [-0.25, -0.2) is 14.4 Å². The standard InChI is InChI=1S/C24H20F2N2O7/c1-14-12-28(23(32)27-19(14)29)22-24(25,26)18(35-21(31)16-10-6-3-7-11-16)17(34-22)13-33-20(30)15-8-4-2-5-9-15/h2-12,17-18,22H,13H2,1H3,(H,27,29,32)/t17-,18-,22-/m1/s1. The van der Waals surface area contributed by atoms with Crippen LogP contribution in [0.15, 0.2) is 76.4 Å². The number of nitrogens with one attached hydrogen (secondary N) is 1. The van der Waals surface area contributed by atoms with E-state index >= 15 is 8.78 Å². The molecule has 1 N–H and O–H groups in total. The van der Waals surface area contributed by atoms with Crippen molar-refractivity contribution in [2.24, 2.45) is 0 Å². The number of hydrogen-bond donors (Lipinski definition) is 1. The van der Waals surface area contributed by atoms with Crippen molar-refractivity contribution in [2.75, 3.05) is 6.61 Å². The van der Waals surface area contributed by atoms with Gasteiger partial charge in [-0.1, -0.05) is 36.4 Å². The number of aromatic amines is 1. The third-order valence-electron chi connectivity index (χ3n) is 5.38. The van der Waals surface area contributed by atoms with Gasteiger partial charge in [-0.15, -0.1) is 0 Å². The molecule has 0 bridgehead atoms. The van der Waals surface area contributed by atoms with Crippen molar-refractivity contribution in [3.05, 3.63) is 104 Å². The first kappa shape index (κ1) is 24.0. The van der Waals surface area contributed by atoms with Gasteiger partial charge in [0.1, 0.15) is 12.7 Å². The van der Waals surface area contributed by atoms with Crippen LogP contribution in [0.4, 0.5) is 8.78 Å². The lowest BCUT2D eigenvalue weighted by Gasteiger charge is -2.24. The number of carbonyl (C=O) groups excluding carboxylic acids is 2. The number of aryl methyl sites for hydroxylation is 1. The van der Waals surface area contributed by atoms with E-state index in [1.54, 1.807) is 24.3 Å². The molecule has 0 radical (unpaired) electrons. The molecular formula is C24H20F2N2O7. The summed E-state index contributed by atoms with van der Waals surface area (Å²) in [4.78, 5) is 50.8. The van der Waals surface area contributed by atoms with Gasteiger partial charge >= 0.3 is 23.6 Å². The van der Waals surface area contributed by atoms with Gasteiger partial charge in [0.25, 0.3) is 5.56 Å². The maximum atomic E-state index is 15.6. The zero-order valence-corrected chi connectivity index (χ0v) is 18.4. The third kappa shape index (κ3) is 4.90. The van der Waals surface area contributed by atoms with E-state index in [1.165, 1.54) is 43.3 Å². The molecule has 35 heavy (non-hydrogen) atoms. The van der Waals surface area contributed by atoms with Gasteiger partial charge in [0.05, 0.1) is 11.1 Å². The van der Waals surface area contributed by atoms with E-state index in [4.69, 9.17) is 14.2 Å². The Morgan fingerprint density at radius 1 is 1.00 bits per heavy atom. The Morgan fingerprint density at radius 3 is 2.17 bits per heavy atom. The normalized spacial score (nSPS) is 20.8. The highest BCUT2D eigenvalue weighted by molar-refractivity contribution is 5.90. The molecular weight excluding hydrogens is 466 g/mol. The van der Waals surface area contributed by atoms with Crippen LogP contribution in [0.3, 0.4) is 0 Å². The maximum Gasteiger partial charge on any atom is 0.338 e. The Morgan fingerprint density at radius 2 is 1.57 bits per heavy atom. The average Bonchev–Trinajstić information content (AvgIpc) is 3.10. The Hall–Kier alpha value is -4.12. The van der Waals surface area contributed by atoms with Crippen LogP contribution in [0.5, 0.6) is 0 Å². The molecule has 0 spiro atoms. The monoisotopic (exact) mass is 486 g/mol. The summed E-state index contributed by atoms with van der Waals surface area (Å²) in [5, 5.41) is 0. The smallest absolute Gasteiger partial charge is 0.338 e. The number of rotatable bonds is 6. The van der Waals surface area contributed by atoms with Gasteiger partial charge < -0.3 is 14.2 Å². The molecule has 1 aliphatic rings. The number of alkyl halides is 2. The molecule has 3 aromatic rings. The molecule has 0 amide bonds. The van der Waals surface area contributed by atoms with Gasteiger partial charge in [0, 0.05) is 11.8 Å². The summed E-state index contributed by atoms with van der Waals surface area (Å²) in [6.07, 6.45) is -5.13. The van der Waals surface area contributed by atoms with Crippen LogP contribution in [0.25, 0.3) is 0 Å². The quantitative estimate of drug-likeness (QED) is 0.532. The fourth-order valence-corrected chi connectivity index (χ4v) is 3.58. The number of benzene rings is 2. The maximum absolute atomic E-state index is 15.6. The summed E-state index contributed by atoms with van der Waals surface area (Å²) < 4.78 is 47.3. The minimum absolute atomic E-state index is 0.0132. The molecule has 11 heteroatoms. The molecule has 4 rings (SSSR count). The summed E-state index contributed by atoms with van der Waals surface area (Å²) in [6.45, 7) is 0.636. The summed E-state index contributed by atoms with van der Waals surface area (Å²) in [5.74, 6) is -5.78. The molecule has 182 valence electrons. The Labute approximate surface area is 196 Å². The van der Waals surface area contributed by atoms with Gasteiger partial charge in [0.15, 0.2) is 6.10 Å². The predicted molar refractivity (Wildman–Crippen MR) is 117 cm³/mol. The SMILES string of the molecule is Cc1cn([C@@H]2O[C@H](COC(=O)c3ccccc3)[C@@H](OC(=O)c3ccccc3)C2(F)F)c(=O)[nH]c1=O. The Kier molecular flexibility index (Phi) is 6.61. The topological polar surface area (TPSA) is 117 Å². The first-order valence-corrected chi connectivity index (χ1v) is 10.5. The summed E-state index contributed by atoms with van der Waals surface area (Å²) in [5.41, 5.74) is -1.70. The van der Waals surface area contributed by atoms with Crippen LogP contribution in [0.1, 0.15) is 32.5 Å². The molecule has 0 saturated carbocycles. The van der Waals surface area contributed by atoms with Crippen molar-refractivity contribution in [1.82, 2.24) is 9.55 Å². The molecule has 2 heterocycles. The van der Waals surface area contributed by atoms with E-state index in [1.807, 2.05) is 4.98 Å². The number of carbonyl (C=O) groups is 2. The highest BCUT2D eigenvalue weighted by Gasteiger charge is 2.63. The van der Waals surface area contributed by atoms with Gasteiger partial charge in [-0.2, -0.15) is 8.78 Å². The Bertz CT molecular complexity index is 1340. The first-order chi connectivity index (χ1) is 16.7. The van der Waals surface area contributed by atoms with Crippen LogP contribution in [-0.2, 0) is 14.2 Å². The second-order valence-electron chi connectivity index (χ2n) is 7.84. The van der Waals surface area contributed by atoms with Crippen molar-refractivity contribution >= 4 is 11.9 Å². The van der Waals surface area contributed by atoms with Crippen LogP contribution < -0.4 is 11.2 Å². The average molecular weight is 486 g/mol. The fourth-order valence-electron chi connectivity index (χ4n) is 3.58. The van der Waals surface area contributed by atoms with E-state index < -0.39 is 54.2 Å². The van der Waals surface area contributed by atoms with E-state index in [9.17, 15) is 19.2 Å². The highest BCUT2D eigenvalue weighted by atomic mass is 19.3. The molecule has 0 unspecified atom stereocenters. The van der Waals surface area contributed by atoms with E-state index in [2.05, 4.69) is 0 Å². The molecule has 3 atom stereocenters. The molecule has 2 aromatic carbocycles. The lowest BCUT2D eigenvalue weighted by molar-refractivity contribution is -0.142. The number of ether oxygens (including phenoxy) is 3. The van der Waals surface area contributed by atoms with Crippen molar-refractivity contribution < 1.29 is 32.6 Å². The number of esters is 2. The fraction of sp³-hybridized carbons (Fsp3) is 0.250. The zero-order chi connectivity index (χ0) is 25.2. The lowest BCUT2D eigenvalue weighted by atomic mass is 10.1. The molecule has 1 saturated heterocycles. The number of aromatic nitrogens is 2. The minimum Gasteiger partial charge on any atom is -0.459 e. The first-order valence-electron chi connectivity index (χ1n) is 10.5. The number of nitrogens with zero attached hydrogens (tertiary/aromatic N) is 1. The largest absolute Gasteiger partial charge is 0.459 e. The number of hydrogen-bond acceptors (Lipinski definition) is 7. The minimum atomic E-state index is -3.93. The van der Waals surface area contributed by atoms with E-state index in [-0.39, 0.29) is 16.7 Å². The van der Waals surface area contributed by atoms with Crippen molar-refractivity contribution in [3.63, 3.8) is 0 Å². The highest BCUT2D eigenvalue weighted by Crippen LogP contribution is 2.44.